The van der Waals surface area contributed by atoms with Gasteiger partial charge >= 0.3 is 0 Å². The fourth-order valence-corrected chi connectivity index (χ4v) is 2.57. The highest BCUT2D eigenvalue weighted by Gasteiger charge is 2.13. The van der Waals surface area contributed by atoms with Crippen LogP contribution in [0.2, 0.25) is 5.02 Å². The Balaban J connectivity index is 2.46. The summed E-state index contributed by atoms with van der Waals surface area (Å²) in [7, 11) is 2.17. The number of alkyl halides is 1. The van der Waals surface area contributed by atoms with Crippen LogP contribution in [0.5, 0.6) is 0 Å². The second-order valence-corrected chi connectivity index (χ2v) is 5.63. The van der Waals surface area contributed by atoms with Crippen LogP contribution in [-0.4, -0.2) is 23.8 Å². The average Bonchev–Trinajstić information content (AvgIpc) is 2.34. The van der Waals surface area contributed by atoms with Gasteiger partial charge in [0.1, 0.15) is 0 Å². The van der Waals surface area contributed by atoms with E-state index in [1.807, 2.05) is 12.1 Å². The van der Waals surface area contributed by atoms with E-state index in [0.29, 0.717) is 6.04 Å². The van der Waals surface area contributed by atoms with Crippen molar-refractivity contribution < 1.29 is 0 Å². The van der Waals surface area contributed by atoms with E-state index in [1.54, 1.807) is 0 Å². The maximum Gasteiger partial charge on any atom is 0.0453 e. The Morgan fingerprint density at radius 3 is 2.59 bits per heavy atom. The second-order valence-electron chi connectivity index (χ2n) is 4.43. The van der Waals surface area contributed by atoms with E-state index < -0.39 is 0 Å². The van der Waals surface area contributed by atoms with Crippen LogP contribution in [-0.2, 0) is 0 Å². The minimum atomic E-state index is 0.382. The van der Waals surface area contributed by atoms with Crippen LogP contribution in [0, 0.1) is 0 Å². The zero-order valence-corrected chi connectivity index (χ0v) is 13.0. The maximum atomic E-state index is 6.21. The Hall–Kier alpha value is -0.0500. The molecular formula is C14H21BrClN. The van der Waals surface area contributed by atoms with Gasteiger partial charge in [0.25, 0.3) is 0 Å². The van der Waals surface area contributed by atoms with Gasteiger partial charge in [0.15, 0.2) is 0 Å². The first-order valence-electron chi connectivity index (χ1n) is 6.17. The summed E-state index contributed by atoms with van der Waals surface area (Å²) in [5, 5.41) is 1.98. The van der Waals surface area contributed by atoms with E-state index in [0.717, 1.165) is 16.9 Å². The Labute approximate surface area is 118 Å². The van der Waals surface area contributed by atoms with Crippen molar-refractivity contribution in [3.8, 4) is 0 Å². The number of nitrogens with zero attached hydrogens (tertiary/aromatic N) is 1. The molecule has 0 aromatic heterocycles. The first kappa shape index (κ1) is 15.0. The predicted octanol–water partition coefficient (Wildman–Crippen LogP) is 4.90. The molecule has 0 aliphatic heterocycles. The monoisotopic (exact) mass is 317 g/mol. The van der Waals surface area contributed by atoms with Crippen molar-refractivity contribution in [1.82, 2.24) is 4.90 Å². The lowest BCUT2D eigenvalue weighted by Crippen LogP contribution is -2.23. The molecule has 1 nitrogen and oxygen atoms in total. The fraction of sp³-hybridized carbons (Fsp3) is 0.571. The summed E-state index contributed by atoms with van der Waals surface area (Å²) in [6.07, 6.45) is 3.79. The molecule has 0 amide bonds. The molecule has 96 valence electrons. The molecule has 0 saturated carbocycles. The molecule has 0 aliphatic rings. The van der Waals surface area contributed by atoms with Crippen LogP contribution in [0.25, 0.3) is 0 Å². The molecule has 0 fully saturated rings. The highest BCUT2D eigenvalue weighted by molar-refractivity contribution is 9.09. The van der Waals surface area contributed by atoms with Gasteiger partial charge in [0.2, 0.25) is 0 Å². The molecule has 1 aromatic rings. The van der Waals surface area contributed by atoms with Gasteiger partial charge in [-0.3, -0.25) is 4.90 Å². The first-order valence-corrected chi connectivity index (χ1v) is 7.67. The zero-order chi connectivity index (χ0) is 12.7. The molecule has 1 atom stereocenters. The Morgan fingerprint density at radius 2 is 1.94 bits per heavy atom. The number of rotatable bonds is 7. The van der Waals surface area contributed by atoms with Crippen LogP contribution in [0.4, 0.5) is 0 Å². The van der Waals surface area contributed by atoms with Crippen molar-refractivity contribution in [2.24, 2.45) is 0 Å². The lowest BCUT2D eigenvalue weighted by atomic mass is 10.1. The standard InChI is InChI=1S/C14H21BrClN/c1-12(13-8-4-5-9-14(13)16)17(2)11-7-3-6-10-15/h4-5,8-9,12H,3,6-7,10-11H2,1-2H3. The fourth-order valence-electron chi connectivity index (χ4n) is 1.88. The van der Waals surface area contributed by atoms with E-state index >= 15 is 0 Å². The third-order valence-corrected chi connectivity index (χ3v) is 4.07. The third kappa shape index (κ3) is 4.99. The van der Waals surface area contributed by atoms with E-state index in [4.69, 9.17) is 11.6 Å². The van der Waals surface area contributed by atoms with Gasteiger partial charge in [-0.15, -0.1) is 0 Å². The summed E-state index contributed by atoms with van der Waals surface area (Å²) in [6.45, 7) is 3.34. The van der Waals surface area contributed by atoms with Crippen molar-refractivity contribution in [2.45, 2.75) is 32.2 Å². The number of halogens is 2. The minimum Gasteiger partial charge on any atom is -0.300 e. The third-order valence-electron chi connectivity index (χ3n) is 3.16. The van der Waals surface area contributed by atoms with Crippen molar-refractivity contribution in [3.05, 3.63) is 34.9 Å². The van der Waals surface area contributed by atoms with Crippen LogP contribution < -0.4 is 0 Å². The molecule has 3 heteroatoms. The summed E-state index contributed by atoms with van der Waals surface area (Å²) in [5.41, 5.74) is 1.22. The van der Waals surface area contributed by atoms with Crippen LogP contribution >= 0.6 is 27.5 Å². The number of unbranched alkanes of at least 4 members (excludes halogenated alkanes) is 2. The smallest absolute Gasteiger partial charge is 0.0453 e. The maximum absolute atomic E-state index is 6.21. The summed E-state index contributed by atoms with van der Waals surface area (Å²) >= 11 is 9.67. The molecule has 0 heterocycles. The van der Waals surface area contributed by atoms with E-state index in [9.17, 15) is 0 Å². The summed E-state index contributed by atoms with van der Waals surface area (Å²) < 4.78 is 0. The Bertz CT molecular complexity index is 330. The highest BCUT2D eigenvalue weighted by atomic mass is 79.9. The molecule has 0 spiro atoms. The summed E-state index contributed by atoms with van der Waals surface area (Å²) in [4.78, 5) is 2.37. The van der Waals surface area contributed by atoms with Gasteiger partial charge in [0.05, 0.1) is 0 Å². The lowest BCUT2D eigenvalue weighted by molar-refractivity contribution is 0.256. The predicted molar refractivity (Wildman–Crippen MR) is 80.1 cm³/mol. The minimum absolute atomic E-state index is 0.382. The number of hydrogen-bond donors (Lipinski definition) is 0. The van der Waals surface area contributed by atoms with E-state index in [1.165, 1.54) is 24.8 Å². The molecule has 1 rings (SSSR count). The Kier molecular flexibility index (Phi) is 7.17. The second kappa shape index (κ2) is 8.12. The van der Waals surface area contributed by atoms with Gasteiger partial charge in [-0.25, -0.2) is 0 Å². The number of hydrogen-bond acceptors (Lipinski definition) is 1. The van der Waals surface area contributed by atoms with Crippen LogP contribution in [0.3, 0.4) is 0 Å². The molecule has 0 aliphatic carbocycles. The van der Waals surface area contributed by atoms with Gasteiger partial charge in [-0.1, -0.05) is 52.2 Å². The summed E-state index contributed by atoms with van der Waals surface area (Å²) in [5.74, 6) is 0. The van der Waals surface area contributed by atoms with Crippen LogP contribution in [0.1, 0.15) is 37.8 Å². The average molecular weight is 319 g/mol. The Morgan fingerprint density at radius 1 is 1.24 bits per heavy atom. The molecular weight excluding hydrogens is 298 g/mol. The molecule has 0 radical (unpaired) electrons. The zero-order valence-electron chi connectivity index (χ0n) is 10.6. The van der Waals surface area contributed by atoms with Gasteiger partial charge < -0.3 is 0 Å². The van der Waals surface area contributed by atoms with E-state index in [2.05, 4.69) is 46.9 Å². The van der Waals surface area contributed by atoms with Crippen molar-refractivity contribution in [3.63, 3.8) is 0 Å². The van der Waals surface area contributed by atoms with Crippen molar-refractivity contribution in [2.75, 3.05) is 18.9 Å². The molecule has 1 unspecified atom stereocenters. The van der Waals surface area contributed by atoms with Gasteiger partial charge in [-0.2, -0.15) is 0 Å². The molecule has 0 N–H and O–H groups in total. The first-order chi connectivity index (χ1) is 8.16. The van der Waals surface area contributed by atoms with Gasteiger partial charge in [0, 0.05) is 16.4 Å². The molecule has 17 heavy (non-hydrogen) atoms. The largest absolute Gasteiger partial charge is 0.300 e. The lowest BCUT2D eigenvalue weighted by Gasteiger charge is -2.25. The molecule has 0 saturated heterocycles. The number of benzene rings is 1. The van der Waals surface area contributed by atoms with Gasteiger partial charge in [-0.05, 0) is 45.0 Å². The normalized spacial score (nSPS) is 13.0. The SMILES string of the molecule is CC(c1ccccc1Cl)N(C)CCCCCBr. The topological polar surface area (TPSA) is 3.24 Å². The van der Waals surface area contributed by atoms with E-state index in [-0.39, 0.29) is 0 Å². The molecule has 1 aromatic carbocycles. The highest BCUT2D eigenvalue weighted by Crippen LogP contribution is 2.26. The quantitative estimate of drug-likeness (QED) is 0.510. The summed E-state index contributed by atoms with van der Waals surface area (Å²) in [6, 6.07) is 8.49. The molecule has 0 bridgehead atoms. The van der Waals surface area contributed by atoms with Crippen LogP contribution in [0.15, 0.2) is 24.3 Å². The van der Waals surface area contributed by atoms with Crippen molar-refractivity contribution >= 4 is 27.5 Å². The van der Waals surface area contributed by atoms with Crippen molar-refractivity contribution in [1.29, 1.82) is 0 Å².